The summed E-state index contributed by atoms with van der Waals surface area (Å²) in [6.45, 7) is 0. The van der Waals surface area contributed by atoms with Crippen LogP contribution in [-0.4, -0.2) is 20.2 Å². The molecule has 6 heteroatoms. The molecule has 2 radical (unpaired) electrons. The maximum absolute atomic E-state index is 13.2. The van der Waals surface area contributed by atoms with Crippen molar-refractivity contribution in [3.05, 3.63) is 60.5 Å². The van der Waals surface area contributed by atoms with Crippen LogP contribution in [0.5, 0.6) is 0 Å². The van der Waals surface area contributed by atoms with Crippen molar-refractivity contribution in [1.82, 2.24) is 3.97 Å². The number of rotatable bonds is 2. The van der Waals surface area contributed by atoms with E-state index in [1.165, 1.54) is 36.5 Å². The van der Waals surface area contributed by atoms with E-state index in [0.29, 0.717) is 10.9 Å². The third-order valence-corrected chi connectivity index (χ3v) is 4.75. The zero-order valence-corrected chi connectivity index (χ0v) is 11.1. The van der Waals surface area contributed by atoms with Crippen molar-refractivity contribution in [2.75, 3.05) is 0 Å². The lowest BCUT2D eigenvalue weighted by atomic mass is 9.96. The molecule has 20 heavy (non-hydrogen) atoms. The second kappa shape index (κ2) is 4.49. The maximum Gasteiger partial charge on any atom is 0.268 e. The lowest BCUT2D eigenvalue weighted by Crippen LogP contribution is -2.12. The fourth-order valence-corrected chi connectivity index (χ4v) is 3.50. The Labute approximate surface area is 117 Å². The van der Waals surface area contributed by atoms with Crippen LogP contribution in [0, 0.1) is 5.82 Å². The van der Waals surface area contributed by atoms with E-state index in [2.05, 4.69) is 0 Å². The molecular weight excluding hydrogens is 276 g/mol. The van der Waals surface area contributed by atoms with Gasteiger partial charge in [-0.15, -0.1) is 0 Å². The molecule has 0 bridgehead atoms. The first-order valence-corrected chi connectivity index (χ1v) is 7.31. The molecule has 1 heterocycles. The van der Waals surface area contributed by atoms with Crippen molar-refractivity contribution in [2.45, 2.75) is 4.90 Å². The topological polar surface area (TPSA) is 39.1 Å². The highest BCUT2D eigenvalue weighted by atomic mass is 32.2. The third-order valence-electron chi connectivity index (χ3n) is 3.06. The number of hydrogen-bond donors (Lipinski definition) is 0. The summed E-state index contributed by atoms with van der Waals surface area (Å²) >= 11 is 0. The molecule has 0 fully saturated rings. The van der Waals surface area contributed by atoms with Crippen molar-refractivity contribution in [1.29, 1.82) is 0 Å². The first kappa shape index (κ1) is 12.9. The van der Waals surface area contributed by atoms with Gasteiger partial charge in [-0.05, 0) is 35.7 Å². The molecule has 2 aromatic carbocycles. The average Bonchev–Trinajstić information content (AvgIpc) is 2.77. The Balaban J connectivity index is 2.31. The van der Waals surface area contributed by atoms with Crippen LogP contribution in [0.15, 0.2) is 59.6 Å². The van der Waals surface area contributed by atoms with Gasteiger partial charge in [-0.1, -0.05) is 23.7 Å². The van der Waals surface area contributed by atoms with Gasteiger partial charge in [-0.3, -0.25) is 0 Å². The van der Waals surface area contributed by atoms with Crippen molar-refractivity contribution in [2.24, 2.45) is 0 Å². The first-order valence-electron chi connectivity index (χ1n) is 5.87. The fourth-order valence-electron chi connectivity index (χ4n) is 2.10. The largest absolute Gasteiger partial charge is 0.268 e. The molecular formula is C14H9BFNO2S. The van der Waals surface area contributed by atoms with Crippen LogP contribution in [0.4, 0.5) is 4.39 Å². The second-order valence-electron chi connectivity index (χ2n) is 4.36. The van der Waals surface area contributed by atoms with Gasteiger partial charge < -0.3 is 0 Å². The summed E-state index contributed by atoms with van der Waals surface area (Å²) in [6.07, 6.45) is 1.30. The quantitative estimate of drug-likeness (QED) is 0.674. The van der Waals surface area contributed by atoms with Crippen LogP contribution in [0.2, 0.25) is 0 Å². The molecule has 0 saturated heterocycles. The highest BCUT2D eigenvalue weighted by molar-refractivity contribution is 7.90. The normalized spacial score (nSPS) is 11.8. The number of aromatic nitrogens is 1. The summed E-state index contributed by atoms with van der Waals surface area (Å²) in [4.78, 5) is 0.154. The highest BCUT2D eigenvalue weighted by Crippen LogP contribution is 2.21. The van der Waals surface area contributed by atoms with Gasteiger partial charge >= 0.3 is 0 Å². The molecule has 3 nitrogen and oxygen atoms in total. The monoisotopic (exact) mass is 285 g/mol. The van der Waals surface area contributed by atoms with E-state index in [9.17, 15) is 12.8 Å². The zero-order chi connectivity index (χ0) is 14.3. The molecule has 0 saturated carbocycles. The van der Waals surface area contributed by atoms with E-state index < -0.39 is 15.8 Å². The summed E-state index contributed by atoms with van der Waals surface area (Å²) in [5.74, 6) is -0.459. The second-order valence-corrected chi connectivity index (χ2v) is 6.17. The SMILES string of the molecule is [B]c1cn(S(=O)(=O)c2ccccc2)c2ccc(F)cc12. The predicted octanol–water partition coefficient (Wildman–Crippen LogP) is 1.81. The van der Waals surface area contributed by atoms with Crippen LogP contribution >= 0.6 is 0 Å². The average molecular weight is 285 g/mol. The number of fused-ring (bicyclic) bond motifs is 1. The molecule has 98 valence electrons. The van der Waals surface area contributed by atoms with E-state index in [4.69, 9.17) is 7.85 Å². The molecule has 0 amide bonds. The Morgan fingerprint density at radius 2 is 1.75 bits per heavy atom. The highest BCUT2D eigenvalue weighted by Gasteiger charge is 2.19. The van der Waals surface area contributed by atoms with E-state index in [1.54, 1.807) is 18.2 Å². The molecule has 0 aliphatic carbocycles. The van der Waals surface area contributed by atoms with Crippen molar-refractivity contribution >= 4 is 34.2 Å². The minimum atomic E-state index is -3.74. The molecule has 3 aromatic rings. The predicted molar refractivity (Wildman–Crippen MR) is 76.3 cm³/mol. The summed E-state index contributed by atoms with van der Waals surface area (Å²) in [5, 5.41) is 0.379. The summed E-state index contributed by atoms with van der Waals surface area (Å²) in [6, 6.07) is 11.9. The van der Waals surface area contributed by atoms with Crippen molar-refractivity contribution < 1.29 is 12.8 Å². The molecule has 0 aliphatic rings. The third kappa shape index (κ3) is 1.93. The lowest BCUT2D eigenvalue weighted by molar-refractivity contribution is 0.589. The molecule has 1 aromatic heterocycles. The van der Waals surface area contributed by atoms with E-state index >= 15 is 0 Å². The Bertz CT molecular complexity index is 888. The van der Waals surface area contributed by atoms with Crippen molar-refractivity contribution in [3.8, 4) is 0 Å². The van der Waals surface area contributed by atoms with Gasteiger partial charge in [-0.25, -0.2) is 16.8 Å². The van der Waals surface area contributed by atoms with Crippen LogP contribution < -0.4 is 5.46 Å². The van der Waals surface area contributed by atoms with Crippen LogP contribution in [0.1, 0.15) is 0 Å². The number of halogens is 1. The van der Waals surface area contributed by atoms with Crippen LogP contribution in [0.3, 0.4) is 0 Å². The lowest BCUT2D eigenvalue weighted by Gasteiger charge is -2.07. The van der Waals surface area contributed by atoms with Gasteiger partial charge in [0.25, 0.3) is 10.0 Å². The molecule has 0 unspecified atom stereocenters. The van der Waals surface area contributed by atoms with E-state index in [1.807, 2.05) is 0 Å². The molecule has 3 rings (SSSR count). The first-order chi connectivity index (χ1) is 9.50. The Morgan fingerprint density at radius 3 is 2.45 bits per heavy atom. The smallest absolute Gasteiger partial charge is 0.242 e. The molecule has 0 aliphatic heterocycles. The van der Waals surface area contributed by atoms with Crippen LogP contribution in [0.25, 0.3) is 10.9 Å². The van der Waals surface area contributed by atoms with E-state index in [-0.39, 0.29) is 10.4 Å². The van der Waals surface area contributed by atoms with E-state index in [0.717, 1.165) is 3.97 Å². The summed E-state index contributed by atoms with van der Waals surface area (Å²) in [7, 11) is 2.03. The molecule has 0 atom stereocenters. The van der Waals surface area contributed by atoms with Gasteiger partial charge in [0.2, 0.25) is 0 Å². The Morgan fingerprint density at radius 1 is 1.05 bits per heavy atom. The van der Waals surface area contributed by atoms with Crippen molar-refractivity contribution in [3.63, 3.8) is 0 Å². The standard InChI is InChI=1S/C14H9BFNO2S/c15-13-9-17(14-7-6-10(16)8-12(13)14)20(18,19)11-4-2-1-3-5-11/h1-9H. The fraction of sp³-hybridized carbons (Fsp3) is 0. The van der Waals surface area contributed by atoms with Gasteiger partial charge in [0.15, 0.2) is 0 Å². The van der Waals surface area contributed by atoms with Crippen LogP contribution in [-0.2, 0) is 10.0 Å². The summed E-state index contributed by atoms with van der Waals surface area (Å²) < 4.78 is 39.4. The molecule has 0 spiro atoms. The summed E-state index contributed by atoms with van der Waals surface area (Å²) in [5.41, 5.74) is 0.576. The minimum Gasteiger partial charge on any atom is -0.242 e. The Kier molecular flexibility index (Phi) is 2.90. The molecule has 0 N–H and O–H groups in total. The number of benzene rings is 2. The number of nitrogens with zero attached hydrogens (tertiary/aromatic N) is 1. The van der Waals surface area contributed by atoms with Gasteiger partial charge in [-0.2, -0.15) is 0 Å². The van der Waals surface area contributed by atoms with Gasteiger partial charge in [0, 0.05) is 6.20 Å². The zero-order valence-electron chi connectivity index (χ0n) is 10.3. The van der Waals surface area contributed by atoms with Gasteiger partial charge in [0.1, 0.15) is 13.7 Å². The number of hydrogen-bond acceptors (Lipinski definition) is 2. The Hall–Kier alpha value is -2.08. The minimum absolute atomic E-state index is 0.154. The maximum atomic E-state index is 13.2. The van der Waals surface area contributed by atoms with Gasteiger partial charge in [0.05, 0.1) is 10.4 Å².